The van der Waals surface area contributed by atoms with Gasteiger partial charge in [0.1, 0.15) is 10.7 Å². The quantitative estimate of drug-likeness (QED) is 0.655. The summed E-state index contributed by atoms with van der Waals surface area (Å²) < 4.78 is 13.1. The highest BCUT2D eigenvalue weighted by molar-refractivity contribution is 7.13. The molecule has 150 valence electrons. The smallest absolute Gasteiger partial charge is 0.263 e. The van der Waals surface area contributed by atoms with Crippen molar-refractivity contribution < 1.29 is 9.18 Å². The van der Waals surface area contributed by atoms with Crippen molar-refractivity contribution in [3.63, 3.8) is 0 Å². The molecule has 1 fully saturated rings. The van der Waals surface area contributed by atoms with Crippen molar-refractivity contribution in [2.75, 3.05) is 24.5 Å². The van der Waals surface area contributed by atoms with Gasteiger partial charge in [-0.15, -0.1) is 11.3 Å². The molecule has 3 aromatic rings. The number of aryl methyl sites for hydroxylation is 1. The standard InChI is InChI=1S/C23H24FN3OS/c1-16-22(29-21(26-16)13-17-7-9-19(24)10-8-17)23(28)25-14-18-11-12-27(15-18)20-5-3-2-4-6-20/h2-10,18H,11-15H2,1H3,(H,25,28). The molecule has 1 amide bonds. The van der Waals surface area contributed by atoms with Crippen LogP contribution < -0.4 is 10.2 Å². The van der Waals surface area contributed by atoms with Gasteiger partial charge in [-0.25, -0.2) is 9.37 Å². The number of carbonyl (C=O) groups excluding carboxylic acids is 1. The van der Waals surface area contributed by atoms with Gasteiger partial charge in [0.25, 0.3) is 5.91 Å². The van der Waals surface area contributed by atoms with Crippen molar-refractivity contribution in [2.24, 2.45) is 5.92 Å². The second-order valence-electron chi connectivity index (χ2n) is 7.47. The maximum absolute atomic E-state index is 13.1. The van der Waals surface area contributed by atoms with Gasteiger partial charge in [-0.2, -0.15) is 0 Å². The highest BCUT2D eigenvalue weighted by atomic mass is 32.1. The average Bonchev–Trinajstić information content (AvgIpc) is 3.35. The van der Waals surface area contributed by atoms with Gasteiger partial charge < -0.3 is 10.2 Å². The molecule has 1 aliphatic rings. The summed E-state index contributed by atoms with van der Waals surface area (Å²) in [6.45, 7) is 4.52. The van der Waals surface area contributed by atoms with E-state index in [1.807, 2.05) is 13.0 Å². The zero-order valence-electron chi connectivity index (χ0n) is 16.4. The molecule has 1 unspecified atom stereocenters. The zero-order chi connectivity index (χ0) is 20.2. The minimum Gasteiger partial charge on any atom is -0.371 e. The van der Waals surface area contributed by atoms with Gasteiger partial charge in [-0.1, -0.05) is 30.3 Å². The van der Waals surface area contributed by atoms with Crippen molar-refractivity contribution in [1.29, 1.82) is 0 Å². The number of hydrogen-bond acceptors (Lipinski definition) is 4. The van der Waals surface area contributed by atoms with Gasteiger partial charge in [0, 0.05) is 31.7 Å². The number of thiazole rings is 1. The van der Waals surface area contributed by atoms with Crippen LogP contribution in [0.3, 0.4) is 0 Å². The number of nitrogens with one attached hydrogen (secondary N) is 1. The summed E-state index contributed by atoms with van der Waals surface area (Å²) in [6, 6.07) is 16.8. The van der Waals surface area contributed by atoms with Crippen LogP contribution in [0.25, 0.3) is 0 Å². The Balaban J connectivity index is 1.32. The maximum Gasteiger partial charge on any atom is 0.263 e. The van der Waals surface area contributed by atoms with E-state index in [-0.39, 0.29) is 11.7 Å². The number of nitrogens with zero attached hydrogens (tertiary/aromatic N) is 2. The third kappa shape index (κ3) is 4.82. The molecule has 1 N–H and O–H groups in total. The highest BCUT2D eigenvalue weighted by Crippen LogP contribution is 2.24. The first-order valence-corrected chi connectivity index (χ1v) is 10.7. The van der Waals surface area contributed by atoms with Crippen molar-refractivity contribution in [3.05, 3.63) is 81.6 Å². The third-order valence-electron chi connectivity index (χ3n) is 5.27. The molecule has 4 rings (SSSR count). The van der Waals surface area contributed by atoms with Gasteiger partial charge >= 0.3 is 0 Å². The average molecular weight is 410 g/mol. The second kappa shape index (κ2) is 8.74. The molecule has 0 spiro atoms. The monoisotopic (exact) mass is 409 g/mol. The van der Waals surface area contributed by atoms with Crippen LogP contribution in [0.2, 0.25) is 0 Å². The number of anilines is 1. The molecule has 1 atom stereocenters. The van der Waals surface area contributed by atoms with E-state index in [0.29, 0.717) is 23.8 Å². The summed E-state index contributed by atoms with van der Waals surface area (Å²) in [5.74, 6) is 0.150. The first-order chi connectivity index (χ1) is 14.1. The minimum absolute atomic E-state index is 0.0523. The summed E-state index contributed by atoms with van der Waals surface area (Å²) in [7, 11) is 0. The van der Waals surface area contributed by atoms with E-state index in [2.05, 4.69) is 39.5 Å². The lowest BCUT2D eigenvalue weighted by molar-refractivity contribution is 0.0951. The van der Waals surface area contributed by atoms with Crippen molar-refractivity contribution in [2.45, 2.75) is 19.8 Å². The van der Waals surface area contributed by atoms with Gasteiger partial charge in [0.05, 0.1) is 10.7 Å². The Kier molecular flexibility index (Phi) is 5.90. The fraction of sp³-hybridized carbons (Fsp3) is 0.304. The number of hydrogen-bond donors (Lipinski definition) is 1. The van der Waals surface area contributed by atoms with E-state index < -0.39 is 0 Å². The van der Waals surface area contributed by atoms with Gasteiger partial charge in [-0.05, 0) is 49.1 Å². The van der Waals surface area contributed by atoms with Crippen molar-refractivity contribution >= 4 is 22.9 Å². The Hall–Kier alpha value is -2.73. The number of halogens is 1. The summed E-state index contributed by atoms with van der Waals surface area (Å²) in [5, 5.41) is 3.96. The maximum atomic E-state index is 13.1. The van der Waals surface area contributed by atoms with Gasteiger partial charge in [0.2, 0.25) is 0 Å². The first-order valence-electron chi connectivity index (χ1n) is 9.87. The van der Waals surface area contributed by atoms with Crippen LogP contribution in [0.5, 0.6) is 0 Å². The number of benzene rings is 2. The number of aromatic nitrogens is 1. The summed E-state index contributed by atoms with van der Waals surface area (Å²) in [6.07, 6.45) is 1.68. The number of rotatable bonds is 6. The molecule has 29 heavy (non-hydrogen) atoms. The van der Waals surface area contributed by atoms with Crippen LogP contribution in [-0.2, 0) is 6.42 Å². The van der Waals surface area contributed by atoms with Crippen LogP contribution in [0.4, 0.5) is 10.1 Å². The van der Waals surface area contributed by atoms with Crippen LogP contribution >= 0.6 is 11.3 Å². The number of para-hydroxylation sites is 1. The minimum atomic E-state index is -0.248. The second-order valence-corrected chi connectivity index (χ2v) is 8.56. The first kappa shape index (κ1) is 19.6. The Labute approximate surface area is 174 Å². The van der Waals surface area contributed by atoms with E-state index in [9.17, 15) is 9.18 Å². The Bertz CT molecular complexity index is 972. The van der Waals surface area contributed by atoms with Gasteiger partial charge in [-0.3, -0.25) is 4.79 Å². The zero-order valence-corrected chi connectivity index (χ0v) is 17.2. The Morgan fingerprint density at radius 2 is 1.97 bits per heavy atom. The molecule has 1 aromatic heterocycles. The summed E-state index contributed by atoms with van der Waals surface area (Å²) >= 11 is 1.42. The molecule has 0 bridgehead atoms. The fourth-order valence-corrected chi connectivity index (χ4v) is 4.72. The van der Waals surface area contributed by atoms with Crippen LogP contribution in [0.15, 0.2) is 54.6 Å². The molecule has 2 heterocycles. The molecular formula is C23H24FN3OS. The molecule has 2 aromatic carbocycles. The lowest BCUT2D eigenvalue weighted by Gasteiger charge is -2.18. The summed E-state index contributed by atoms with van der Waals surface area (Å²) in [5.41, 5.74) is 2.98. The lowest BCUT2D eigenvalue weighted by atomic mass is 10.1. The largest absolute Gasteiger partial charge is 0.371 e. The predicted octanol–water partition coefficient (Wildman–Crippen LogP) is 4.44. The van der Waals surface area contributed by atoms with E-state index in [0.717, 1.165) is 35.8 Å². The molecule has 0 radical (unpaired) electrons. The van der Waals surface area contributed by atoms with E-state index in [1.165, 1.54) is 29.2 Å². The van der Waals surface area contributed by atoms with Crippen molar-refractivity contribution in [3.8, 4) is 0 Å². The van der Waals surface area contributed by atoms with Crippen LogP contribution in [0, 0.1) is 18.7 Å². The fourth-order valence-electron chi connectivity index (χ4n) is 3.71. The van der Waals surface area contributed by atoms with Crippen LogP contribution in [-0.4, -0.2) is 30.5 Å². The third-order valence-corrected chi connectivity index (χ3v) is 6.43. The SMILES string of the molecule is Cc1nc(Cc2ccc(F)cc2)sc1C(=O)NCC1CCN(c2ccccc2)C1. The number of amides is 1. The Morgan fingerprint density at radius 1 is 1.21 bits per heavy atom. The van der Waals surface area contributed by atoms with E-state index >= 15 is 0 Å². The van der Waals surface area contributed by atoms with E-state index in [1.54, 1.807) is 12.1 Å². The van der Waals surface area contributed by atoms with Crippen LogP contribution in [0.1, 0.15) is 32.4 Å². The van der Waals surface area contributed by atoms with E-state index in [4.69, 9.17) is 0 Å². The molecule has 1 aliphatic heterocycles. The summed E-state index contributed by atoms with van der Waals surface area (Å²) in [4.78, 5) is 20.3. The van der Waals surface area contributed by atoms with Gasteiger partial charge in [0.15, 0.2) is 0 Å². The normalized spacial score (nSPS) is 16.2. The molecule has 1 saturated heterocycles. The molecule has 4 nitrogen and oxygen atoms in total. The predicted molar refractivity (Wildman–Crippen MR) is 115 cm³/mol. The lowest BCUT2D eigenvalue weighted by Crippen LogP contribution is -2.30. The highest BCUT2D eigenvalue weighted by Gasteiger charge is 2.24. The van der Waals surface area contributed by atoms with Crippen molar-refractivity contribution in [1.82, 2.24) is 10.3 Å². The molecule has 0 saturated carbocycles. The Morgan fingerprint density at radius 3 is 2.72 bits per heavy atom. The molecular weight excluding hydrogens is 385 g/mol. The number of carbonyl (C=O) groups is 1. The molecule has 6 heteroatoms. The molecule has 0 aliphatic carbocycles. The topological polar surface area (TPSA) is 45.2 Å².